The molecule has 3 atom stereocenters. The van der Waals surface area contributed by atoms with Crippen LogP contribution >= 0.6 is 0 Å². The third kappa shape index (κ3) is 2.55. The number of hydrogen-bond acceptors (Lipinski definition) is 5. The summed E-state index contributed by atoms with van der Waals surface area (Å²) in [6, 6.07) is 11.6. The lowest BCUT2D eigenvalue weighted by Gasteiger charge is -2.37. The van der Waals surface area contributed by atoms with Crippen molar-refractivity contribution in [3.8, 4) is 0 Å². The van der Waals surface area contributed by atoms with Crippen molar-refractivity contribution < 1.29 is 14.8 Å². The second-order valence-corrected chi connectivity index (χ2v) is 6.41. The summed E-state index contributed by atoms with van der Waals surface area (Å²) >= 11 is 0. The van der Waals surface area contributed by atoms with E-state index in [0.717, 1.165) is 23.2 Å². The fraction of sp³-hybridized carbons (Fsp3) is 0.211. The number of nitro groups is 1. The molecule has 1 aliphatic carbocycles. The molecule has 0 radical (unpaired) electrons. The van der Waals surface area contributed by atoms with E-state index in [1.807, 2.05) is 0 Å². The smallest absolute Gasteiger partial charge is 0.269 e. The minimum absolute atomic E-state index is 0.0183. The number of hydrogen-bond donors (Lipinski definition) is 1. The van der Waals surface area contributed by atoms with Gasteiger partial charge in [-0.1, -0.05) is 36.4 Å². The molecular weight excluding hydrogens is 320 g/mol. The molecule has 0 unspecified atom stereocenters. The van der Waals surface area contributed by atoms with Crippen LogP contribution in [0.5, 0.6) is 0 Å². The second-order valence-electron chi connectivity index (χ2n) is 6.41. The van der Waals surface area contributed by atoms with E-state index in [1.54, 1.807) is 36.4 Å². The summed E-state index contributed by atoms with van der Waals surface area (Å²) in [6.45, 7) is 0. The van der Waals surface area contributed by atoms with Gasteiger partial charge in [0.1, 0.15) is 0 Å². The Hall–Kier alpha value is -3.15. The number of carbonyl (C=O) groups excluding carboxylic acids is 1. The molecule has 0 amide bonds. The molecule has 0 aromatic heterocycles. The number of non-ortho nitro benzene ring substituents is 1. The van der Waals surface area contributed by atoms with E-state index >= 15 is 0 Å². The van der Waals surface area contributed by atoms with Crippen LogP contribution in [0.4, 0.5) is 11.4 Å². The van der Waals surface area contributed by atoms with E-state index in [4.69, 9.17) is 0 Å². The predicted octanol–water partition coefficient (Wildman–Crippen LogP) is 2.78. The number of carbonyl (C=O) groups is 1. The van der Waals surface area contributed by atoms with Crippen LogP contribution in [0, 0.1) is 16.0 Å². The molecule has 2 aliphatic rings. The minimum atomic E-state index is -1.19. The van der Waals surface area contributed by atoms with Crippen LogP contribution in [0.1, 0.15) is 39.9 Å². The molecule has 1 aliphatic heterocycles. The molecule has 1 heterocycles. The Kier molecular flexibility index (Phi) is 3.53. The Balaban J connectivity index is 1.72. The van der Waals surface area contributed by atoms with Gasteiger partial charge in [0.25, 0.3) is 5.69 Å². The number of carboxylic acids is 1. The van der Waals surface area contributed by atoms with Gasteiger partial charge in [-0.25, -0.2) is 0 Å². The van der Waals surface area contributed by atoms with E-state index in [-0.39, 0.29) is 34.1 Å². The summed E-state index contributed by atoms with van der Waals surface area (Å²) < 4.78 is 0. The summed E-state index contributed by atoms with van der Waals surface area (Å²) in [5.74, 6) is -0.841. The van der Waals surface area contributed by atoms with Gasteiger partial charge in [0, 0.05) is 23.7 Å². The van der Waals surface area contributed by atoms with Crippen molar-refractivity contribution in [3.05, 3.63) is 81.4 Å². The normalized spacial score (nSPS) is 23.4. The van der Waals surface area contributed by atoms with Crippen LogP contribution in [-0.2, 0) is 0 Å². The van der Waals surface area contributed by atoms with E-state index in [0.29, 0.717) is 0 Å². The van der Waals surface area contributed by atoms with Gasteiger partial charge in [0.15, 0.2) is 0 Å². The van der Waals surface area contributed by atoms with Crippen LogP contribution in [0.25, 0.3) is 0 Å². The Labute approximate surface area is 144 Å². The highest BCUT2D eigenvalue weighted by Gasteiger charge is 2.38. The first-order valence-corrected chi connectivity index (χ1v) is 8.07. The number of anilines is 1. The van der Waals surface area contributed by atoms with Crippen LogP contribution in [0.15, 0.2) is 54.6 Å². The molecule has 25 heavy (non-hydrogen) atoms. The van der Waals surface area contributed by atoms with Gasteiger partial charge in [-0.15, -0.1) is 0 Å². The SMILES string of the molecule is O=C([O-])c1ccc([C@H]2Nc3ccc([N+](=O)[O-])cc3[C@@H]3C=CC[C@@H]23)cc1. The zero-order valence-corrected chi connectivity index (χ0v) is 13.2. The van der Waals surface area contributed by atoms with Crippen LogP contribution in [-0.4, -0.2) is 10.9 Å². The number of carboxylic acid groups (broad SMARTS) is 1. The van der Waals surface area contributed by atoms with Crippen molar-refractivity contribution in [2.45, 2.75) is 18.4 Å². The number of rotatable bonds is 3. The fourth-order valence-corrected chi connectivity index (χ4v) is 3.85. The average molecular weight is 335 g/mol. The number of fused-ring (bicyclic) bond motifs is 3. The number of nitro benzene ring substituents is 1. The first-order chi connectivity index (χ1) is 12.0. The van der Waals surface area contributed by atoms with Crippen LogP contribution < -0.4 is 10.4 Å². The van der Waals surface area contributed by atoms with Gasteiger partial charge in [-0.3, -0.25) is 10.1 Å². The summed E-state index contributed by atoms with van der Waals surface area (Å²) in [6.07, 6.45) is 5.08. The van der Waals surface area contributed by atoms with Crippen LogP contribution in [0.2, 0.25) is 0 Å². The van der Waals surface area contributed by atoms with E-state index in [1.165, 1.54) is 6.07 Å². The minimum Gasteiger partial charge on any atom is -0.545 e. The summed E-state index contributed by atoms with van der Waals surface area (Å²) in [5, 5.41) is 25.5. The van der Waals surface area contributed by atoms with Gasteiger partial charge in [-0.2, -0.15) is 0 Å². The van der Waals surface area contributed by atoms with E-state index in [9.17, 15) is 20.0 Å². The Morgan fingerprint density at radius 1 is 1.16 bits per heavy atom. The quantitative estimate of drug-likeness (QED) is 0.529. The average Bonchev–Trinajstić information content (AvgIpc) is 3.10. The summed E-state index contributed by atoms with van der Waals surface area (Å²) in [7, 11) is 0. The highest BCUT2D eigenvalue weighted by molar-refractivity contribution is 5.85. The van der Waals surface area contributed by atoms with Crippen molar-refractivity contribution in [1.29, 1.82) is 0 Å². The van der Waals surface area contributed by atoms with Crippen molar-refractivity contribution in [2.24, 2.45) is 5.92 Å². The van der Waals surface area contributed by atoms with Crippen molar-refractivity contribution in [3.63, 3.8) is 0 Å². The van der Waals surface area contributed by atoms with E-state index in [2.05, 4.69) is 17.5 Å². The van der Waals surface area contributed by atoms with Crippen LogP contribution in [0.3, 0.4) is 0 Å². The largest absolute Gasteiger partial charge is 0.545 e. The Bertz CT molecular complexity index is 889. The van der Waals surface area contributed by atoms with E-state index < -0.39 is 5.97 Å². The third-order valence-corrected chi connectivity index (χ3v) is 5.06. The summed E-state index contributed by atoms with van der Waals surface area (Å²) in [4.78, 5) is 21.6. The second kappa shape index (κ2) is 5.73. The fourth-order valence-electron chi connectivity index (χ4n) is 3.85. The molecule has 6 nitrogen and oxygen atoms in total. The lowest BCUT2D eigenvalue weighted by Crippen LogP contribution is -2.29. The maximum absolute atomic E-state index is 11.1. The van der Waals surface area contributed by atoms with Gasteiger partial charge in [0.2, 0.25) is 0 Å². The first kappa shape index (κ1) is 15.4. The zero-order chi connectivity index (χ0) is 17.6. The predicted molar refractivity (Wildman–Crippen MR) is 90.2 cm³/mol. The van der Waals surface area contributed by atoms with Gasteiger partial charge < -0.3 is 15.2 Å². The maximum atomic E-state index is 11.1. The number of benzene rings is 2. The topological polar surface area (TPSA) is 95.3 Å². The maximum Gasteiger partial charge on any atom is 0.269 e. The lowest BCUT2D eigenvalue weighted by molar-refractivity contribution is -0.384. The number of nitrogens with zero attached hydrogens (tertiary/aromatic N) is 1. The molecule has 1 N–H and O–H groups in total. The summed E-state index contributed by atoms with van der Waals surface area (Å²) in [5.41, 5.74) is 3.06. The zero-order valence-electron chi connectivity index (χ0n) is 13.2. The number of nitrogens with one attached hydrogen (secondary N) is 1. The molecule has 0 bridgehead atoms. The molecule has 0 saturated heterocycles. The van der Waals surface area contributed by atoms with Crippen molar-refractivity contribution in [1.82, 2.24) is 0 Å². The third-order valence-electron chi connectivity index (χ3n) is 5.06. The molecule has 2 aromatic rings. The molecule has 0 saturated carbocycles. The number of aromatic carboxylic acids is 1. The van der Waals surface area contributed by atoms with Gasteiger partial charge in [0.05, 0.1) is 16.9 Å². The molecule has 2 aromatic carbocycles. The van der Waals surface area contributed by atoms with Gasteiger partial charge in [-0.05, 0) is 35.1 Å². The molecule has 6 heteroatoms. The molecule has 0 fully saturated rings. The number of allylic oxidation sites excluding steroid dienone is 2. The highest BCUT2D eigenvalue weighted by Crippen LogP contribution is 2.50. The monoisotopic (exact) mass is 335 g/mol. The molecular formula is C19H15N2O4-. The highest BCUT2D eigenvalue weighted by atomic mass is 16.6. The molecule has 126 valence electrons. The molecule has 4 rings (SSSR count). The molecule has 0 spiro atoms. The Morgan fingerprint density at radius 3 is 2.60 bits per heavy atom. The lowest BCUT2D eigenvalue weighted by atomic mass is 9.77. The standard InChI is InChI=1S/C19H16N2O4/c22-19(23)12-6-4-11(5-7-12)18-15-3-1-2-14(15)16-10-13(21(24)25)8-9-17(16)20-18/h1-2,4-10,14-15,18,20H,3H2,(H,22,23)/p-1/t14-,15-,18-/m1/s1. The first-order valence-electron chi connectivity index (χ1n) is 8.07. The van der Waals surface area contributed by atoms with Crippen molar-refractivity contribution >= 4 is 17.3 Å². The van der Waals surface area contributed by atoms with Crippen molar-refractivity contribution in [2.75, 3.05) is 5.32 Å². The Morgan fingerprint density at radius 2 is 1.92 bits per heavy atom. The van der Waals surface area contributed by atoms with Gasteiger partial charge >= 0.3 is 0 Å².